The van der Waals surface area contributed by atoms with Crippen molar-refractivity contribution in [1.82, 2.24) is 5.32 Å². The molecule has 25 heavy (non-hydrogen) atoms. The first-order valence-electron chi connectivity index (χ1n) is 9.56. The van der Waals surface area contributed by atoms with Gasteiger partial charge in [-0.2, -0.15) is 0 Å². The van der Waals surface area contributed by atoms with Crippen LogP contribution in [0.5, 0.6) is 0 Å². The van der Waals surface area contributed by atoms with Crippen LogP contribution in [0.3, 0.4) is 0 Å². The second-order valence-electron chi connectivity index (χ2n) is 8.52. The third-order valence-corrected chi connectivity index (χ3v) is 7.12. The Bertz CT molecular complexity index is 626. The molecule has 4 saturated carbocycles. The number of nitrogens with one attached hydrogen (secondary N) is 1. The Hall–Kier alpha value is -0.770. The van der Waals surface area contributed by atoms with E-state index in [1.807, 2.05) is 12.1 Å². The van der Waals surface area contributed by atoms with Gasteiger partial charge < -0.3 is 10.6 Å². The highest BCUT2D eigenvalue weighted by Gasteiger charge is 2.53. The first-order valence-corrected chi connectivity index (χ1v) is 10.3. The fraction of sp³-hybridized carbons (Fsp3) is 0.650. The van der Waals surface area contributed by atoms with Gasteiger partial charge in [0.15, 0.2) is 6.54 Å². The zero-order chi connectivity index (χ0) is 17.4. The first kappa shape index (κ1) is 17.6. The van der Waals surface area contributed by atoms with Crippen LogP contribution < -0.4 is 10.6 Å². The molecule has 5 rings (SSSR count). The number of halogens is 2. The van der Waals surface area contributed by atoms with Gasteiger partial charge in [-0.25, -0.2) is 0 Å². The van der Waals surface area contributed by atoms with E-state index < -0.39 is 0 Å². The Morgan fingerprint density at radius 1 is 1.12 bits per heavy atom. The average molecular weight is 382 g/mol. The van der Waals surface area contributed by atoms with Crippen molar-refractivity contribution in [3.63, 3.8) is 0 Å². The van der Waals surface area contributed by atoms with Crippen LogP contribution in [0.4, 0.5) is 0 Å². The van der Waals surface area contributed by atoms with Crippen LogP contribution in [0, 0.1) is 17.8 Å². The van der Waals surface area contributed by atoms with Gasteiger partial charge >= 0.3 is 0 Å². The van der Waals surface area contributed by atoms with E-state index >= 15 is 0 Å². The molecular formula is C20H27Cl2N2O+. The third-order valence-electron chi connectivity index (χ3n) is 6.54. The summed E-state index contributed by atoms with van der Waals surface area (Å²) in [7, 11) is 0. The maximum atomic E-state index is 12.3. The molecule has 0 heterocycles. The topological polar surface area (TPSA) is 45.7 Å². The summed E-state index contributed by atoms with van der Waals surface area (Å²) in [6.45, 7) is 1.18. The molecule has 1 aromatic rings. The molecule has 0 aromatic heterocycles. The minimum absolute atomic E-state index is 0.140. The number of rotatable bonds is 6. The number of hydrogen-bond acceptors (Lipinski definition) is 1. The van der Waals surface area contributed by atoms with Crippen LogP contribution >= 0.6 is 23.2 Å². The zero-order valence-electron chi connectivity index (χ0n) is 14.6. The molecular weight excluding hydrogens is 355 g/mol. The fourth-order valence-corrected chi connectivity index (χ4v) is 6.37. The molecule has 0 saturated heterocycles. The Balaban J connectivity index is 1.23. The highest BCUT2D eigenvalue weighted by molar-refractivity contribution is 6.35. The second-order valence-corrected chi connectivity index (χ2v) is 9.37. The number of carbonyl (C=O) groups excluding carboxylic acids is 1. The van der Waals surface area contributed by atoms with Gasteiger partial charge in [0.1, 0.15) is 0 Å². The van der Waals surface area contributed by atoms with E-state index in [0.717, 1.165) is 29.7 Å². The number of carbonyl (C=O) groups is 1. The van der Waals surface area contributed by atoms with Gasteiger partial charge in [-0.3, -0.25) is 4.79 Å². The van der Waals surface area contributed by atoms with E-state index in [1.165, 1.54) is 38.5 Å². The van der Waals surface area contributed by atoms with E-state index in [4.69, 9.17) is 23.2 Å². The van der Waals surface area contributed by atoms with Crippen molar-refractivity contribution < 1.29 is 10.1 Å². The van der Waals surface area contributed by atoms with Crippen molar-refractivity contribution >= 4 is 29.1 Å². The van der Waals surface area contributed by atoms with E-state index in [9.17, 15) is 4.79 Å². The van der Waals surface area contributed by atoms with Crippen molar-refractivity contribution in [3.8, 4) is 0 Å². The molecule has 5 heteroatoms. The summed E-state index contributed by atoms with van der Waals surface area (Å²) in [6.07, 6.45) is 9.05. The van der Waals surface area contributed by atoms with Crippen LogP contribution in [0.15, 0.2) is 18.2 Å². The SMILES string of the molecule is O=C(C[NH2+]C12CC3CC(CC(C3)C1)C2)NCCc1ccc(Cl)cc1Cl. The largest absolute Gasteiger partial charge is 0.351 e. The van der Waals surface area contributed by atoms with Crippen LogP contribution in [0.2, 0.25) is 10.0 Å². The van der Waals surface area contributed by atoms with E-state index in [1.54, 1.807) is 6.07 Å². The van der Waals surface area contributed by atoms with Crippen molar-refractivity contribution in [2.75, 3.05) is 13.1 Å². The predicted octanol–water partition coefficient (Wildman–Crippen LogP) is 3.18. The molecule has 4 aliphatic carbocycles. The summed E-state index contributed by atoms with van der Waals surface area (Å²) >= 11 is 12.1. The minimum Gasteiger partial charge on any atom is -0.351 e. The van der Waals surface area contributed by atoms with E-state index in [2.05, 4.69) is 10.6 Å². The molecule has 0 atom stereocenters. The maximum Gasteiger partial charge on any atom is 0.275 e. The lowest BCUT2D eigenvalue weighted by Crippen LogP contribution is -3.00. The van der Waals surface area contributed by atoms with Crippen LogP contribution in [-0.4, -0.2) is 24.5 Å². The monoisotopic (exact) mass is 381 g/mol. The lowest BCUT2D eigenvalue weighted by atomic mass is 9.53. The molecule has 1 aromatic carbocycles. The molecule has 4 bridgehead atoms. The van der Waals surface area contributed by atoms with Crippen molar-refractivity contribution in [2.24, 2.45) is 17.8 Å². The number of amides is 1. The standard InChI is InChI=1S/C20H26Cl2N2O/c21-17-2-1-16(18(22)8-17)3-4-23-19(25)12-24-20-9-13-5-14(10-20)7-15(6-13)11-20/h1-2,8,13-15,24H,3-7,9-12H2,(H,23,25)/p+1. The zero-order valence-corrected chi connectivity index (χ0v) is 16.1. The number of hydrogen-bond donors (Lipinski definition) is 2. The van der Waals surface area contributed by atoms with E-state index in [-0.39, 0.29) is 5.91 Å². The summed E-state index contributed by atoms with van der Waals surface area (Å²) < 4.78 is 0. The Kier molecular flexibility index (Phi) is 5.00. The Morgan fingerprint density at radius 3 is 2.36 bits per heavy atom. The van der Waals surface area contributed by atoms with Crippen molar-refractivity contribution in [2.45, 2.75) is 50.5 Å². The van der Waals surface area contributed by atoms with Gasteiger partial charge in [0.05, 0.1) is 5.54 Å². The fourth-order valence-electron chi connectivity index (χ4n) is 5.87. The molecule has 4 fully saturated rings. The summed E-state index contributed by atoms with van der Waals surface area (Å²) in [4.78, 5) is 12.3. The molecule has 1 amide bonds. The minimum atomic E-state index is 0.140. The lowest BCUT2D eigenvalue weighted by molar-refractivity contribution is -0.730. The third kappa shape index (κ3) is 3.99. The molecule has 0 radical (unpaired) electrons. The van der Waals surface area contributed by atoms with Crippen molar-refractivity contribution in [3.05, 3.63) is 33.8 Å². The number of benzene rings is 1. The molecule has 0 unspecified atom stereocenters. The summed E-state index contributed by atoms with van der Waals surface area (Å²) in [5.74, 6) is 2.92. The van der Waals surface area contributed by atoms with Gasteiger partial charge in [0, 0.05) is 35.9 Å². The molecule has 3 N–H and O–H groups in total. The quantitative estimate of drug-likeness (QED) is 0.780. The molecule has 136 valence electrons. The summed E-state index contributed by atoms with van der Waals surface area (Å²) in [5, 5.41) is 6.72. The van der Waals surface area contributed by atoms with Crippen LogP contribution in [0.25, 0.3) is 0 Å². The van der Waals surface area contributed by atoms with Gasteiger partial charge in [0.2, 0.25) is 0 Å². The molecule has 4 aliphatic rings. The highest BCUT2D eigenvalue weighted by atomic mass is 35.5. The van der Waals surface area contributed by atoms with Gasteiger partial charge in [-0.05, 0) is 61.1 Å². The molecule has 0 spiro atoms. The highest BCUT2D eigenvalue weighted by Crippen LogP contribution is 2.54. The van der Waals surface area contributed by atoms with E-state index in [0.29, 0.717) is 28.7 Å². The molecule has 0 aliphatic heterocycles. The van der Waals surface area contributed by atoms with Gasteiger partial charge in [-0.15, -0.1) is 0 Å². The second kappa shape index (κ2) is 7.09. The molecule has 3 nitrogen and oxygen atoms in total. The Labute approximate surface area is 159 Å². The summed E-state index contributed by atoms with van der Waals surface area (Å²) in [6, 6.07) is 5.52. The van der Waals surface area contributed by atoms with Crippen LogP contribution in [-0.2, 0) is 11.2 Å². The maximum absolute atomic E-state index is 12.3. The number of quaternary nitrogens is 1. The lowest BCUT2D eigenvalue weighted by Gasteiger charge is -2.54. The first-order chi connectivity index (χ1) is 12.0. The smallest absolute Gasteiger partial charge is 0.275 e. The van der Waals surface area contributed by atoms with Crippen LogP contribution in [0.1, 0.15) is 44.1 Å². The Morgan fingerprint density at radius 2 is 1.76 bits per heavy atom. The average Bonchev–Trinajstić information content (AvgIpc) is 2.54. The number of nitrogens with two attached hydrogens (primary N) is 1. The van der Waals surface area contributed by atoms with Crippen molar-refractivity contribution in [1.29, 1.82) is 0 Å². The predicted molar refractivity (Wildman–Crippen MR) is 101 cm³/mol. The van der Waals surface area contributed by atoms with Gasteiger partial charge in [0.25, 0.3) is 5.91 Å². The summed E-state index contributed by atoms with van der Waals surface area (Å²) in [5.41, 5.74) is 1.39. The van der Waals surface area contributed by atoms with Gasteiger partial charge in [-0.1, -0.05) is 29.3 Å². The normalized spacial score (nSPS) is 32.8.